The van der Waals surface area contributed by atoms with Gasteiger partial charge in [0.25, 0.3) is 0 Å². The second-order valence-electron chi connectivity index (χ2n) is 9.37. The molecule has 0 aliphatic carbocycles. The van der Waals surface area contributed by atoms with E-state index < -0.39 is 17.6 Å². The van der Waals surface area contributed by atoms with Gasteiger partial charge in [-0.3, -0.25) is 0 Å². The Labute approximate surface area is 222 Å². The Morgan fingerprint density at radius 1 is 0.694 bits per heavy atom. The Morgan fingerprint density at radius 3 is 1.64 bits per heavy atom. The predicted molar refractivity (Wildman–Crippen MR) is 162 cm³/mol. The molecule has 0 aliphatic heterocycles. The molecule has 0 atom stereocenters. The first-order valence-corrected chi connectivity index (χ1v) is 18.6. The summed E-state index contributed by atoms with van der Waals surface area (Å²) in [6.45, 7) is 8.96. The molecule has 0 spiro atoms. The van der Waals surface area contributed by atoms with Crippen molar-refractivity contribution in [3.05, 3.63) is 57.8 Å². The molecule has 0 amide bonds. The lowest BCUT2D eigenvalue weighted by molar-refractivity contribution is 0.658. The van der Waals surface area contributed by atoms with Gasteiger partial charge in [-0.2, -0.15) is 8.78 Å². The molecule has 0 radical (unpaired) electrons. The lowest BCUT2D eigenvalue weighted by atomic mass is 9.91. The molecule has 0 unspecified atom stereocenters. The normalized spacial score (nSPS) is 12.1. The third-order valence-corrected chi connectivity index (χ3v) is 14.8. The molecule has 2 heterocycles. The molecule has 0 saturated carbocycles. The standard InChI is InChI=1S/C30H28F2S2Si2/c1-5-35-11-9-21-23-13-19-15-29(31)34-28(19)18-26(23)22(10-12-36(6-2,7-3)8-4)24-14-20-16-30(32)33-27(20)17-25(21)24/h13-18H,5-8,35H2,1-4H3. The van der Waals surface area contributed by atoms with Gasteiger partial charge in [-0.05, 0) is 76.1 Å². The minimum absolute atomic E-state index is 0.186. The first kappa shape index (κ1) is 25.2. The van der Waals surface area contributed by atoms with Crippen LogP contribution >= 0.6 is 22.7 Å². The van der Waals surface area contributed by atoms with Crippen LogP contribution in [-0.4, -0.2) is 17.6 Å². The lowest BCUT2D eigenvalue weighted by Crippen LogP contribution is -2.29. The van der Waals surface area contributed by atoms with Crippen LogP contribution < -0.4 is 0 Å². The van der Waals surface area contributed by atoms with Crippen LogP contribution in [0.4, 0.5) is 8.78 Å². The zero-order valence-electron chi connectivity index (χ0n) is 21.1. The summed E-state index contributed by atoms with van der Waals surface area (Å²) in [7, 11) is -2.19. The van der Waals surface area contributed by atoms with Crippen molar-refractivity contribution in [2.24, 2.45) is 0 Å². The first-order valence-electron chi connectivity index (χ1n) is 12.7. The summed E-state index contributed by atoms with van der Waals surface area (Å²) in [6, 6.07) is 16.0. The maximum absolute atomic E-state index is 14.3. The fourth-order valence-corrected chi connectivity index (χ4v) is 9.57. The summed E-state index contributed by atoms with van der Waals surface area (Å²) >= 11 is 2.33. The molecule has 5 rings (SSSR count). The molecule has 0 bridgehead atoms. The number of benzene rings is 3. The molecule has 3 aromatic carbocycles. The van der Waals surface area contributed by atoms with Crippen molar-refractivity contribution in [1.29, 1.82) is 0 Å². The number of rotatable bonds is 4. The van der Waals surface area contributed by atoms with E-state index in [4.69, 9.17) is 0 Å². The number of hydrogen-bond donors (Lipinski definition) is 0. The van der Waals surface area contributed by atoms with E-state index in [0.29, 0.717) is 0 Å². The quantitative estimate of drug-likeness (QED) is 0.120. The van der Waals surface area contributed by atoms with Crippen molar-refractivity contribution in [2.45, 2.75) is 51.9 Å². The van der Waals surface area contributed by atoms with Gasteiger partial charge >= 0.3 is 0 Å². The Bertz CT molecular complexity index is 1650. The topological polar surface area (TPSA) is 0 Å². The van der Waals surface area contributed by atoms with Gasteiger partial charge in [0.15, 0.2) is 10.3 Å². The highest BCUT2D eigenvalue weighted by atomic mass is 32.1. The molecule has 0 fully saturated rings. The molecule has 0 aliphatic rings. The summed E-state index contributed by atoms with van der Waals surface area (Å²) in [6.07, 6.45) is 0. The summed E-state index contributed by atoms with van der Waals surface area (Å²) in [5.74, 6) is 7.16. The smallest absolute Gasteiger partial charge is 0.177 e. The van der Waals surface area contributed by atoms with E-state index in [1.165, 1.54) is 22.7 Å². The molecule has 182 valence electrons. The minimum Gasteiger partial charge on any atom is -0.195 e. The van der Waals surface area contributed by atoms with Crippen LogP contribution in [0.1, 0.15) is 38.8 Å². The average molecular weight is 547 g/mol. The van der Waals surface area contributed by atoms with Crippen molar-refractivity contribution < 1.29 is 8.78 Å². The van der Waals surface area contributed by atoms with Crippen molar-refractivity contribution in [3.63, 3.8) is 0 Å². The highest BCUT2D eigenvalue weighted by molar-refractivity contribution is 7.18. The Kier molecular flexibility index (Phi) is 7.07. The van der Waals surface area contributed by atoms with Gasteiger partial charge < -0.3 is 0 Å². The number of thiophene rings is 2. The van der Waals surface area contributed by atoms with E-state index in [-0.39, 0.29) is 10.3 Å². The summed E-state index contributed by atoms with van der Waals surface area (Å²) in [5.41, 5.74) is 9.17. The maximum atomic E-state index is 14.3. The maximum Gasteiger partial charge on any atom is 0.177 e. The fraction of sp³-hybridized carbons (Fsp3) is 0.267. The van der Waals surface area contributed by atoms with Crippen LogP contribution in [-0.2, 0) is 0 Å². The second-order valence-corrected chi connectivity index (χ2v) is 18.2. The van der Waals surface area contributed by atoms with Crippen LogP contribution in [0.25, 0.3) is 41.7 Å². The zero-order valence-corrected chi connectivity index (χ0v) is 25.1. The Balaban J connectivity index is 1.98. The van der Waals surface area contributed by atoms with Gasteiger partial charge in [0, 0.05) is 31.3 Å². The molecule has 0 N–H and O–H groups in total. The number of hydrogen-bond acceptors (Lipinski definition) is 2. The van der Waals surface area contributed by atoms with Crippen molar-refractivity contribution in [3.8, 4) is 22.9 Å². The van der Waals surface area contributed by atoms with E-state index >= 15 is 0 Å². The van der Waals surface area contributed by atoms with Crippen LogP contribution in [0.2, 0.25) is 24.2 Å². The largest absolute Gasteiger partial charge is 0.195 e. The van der Waals surface area contributed by atoms with Gasteiger partial charge in [0.2, 0.25) is 0 Å². The zero-order chi connectivity index (χ0) is 25.4. The monoisotopic (exact) mass is 546 g/mol. The third kappa shape index (κ3) is 4.42. The van der Waals surface area contributed by atoms with E-state index in [2.05, 4.69) is 74.9 Å². The lowest BCUT2D eigenvalue weighted by Gasteiger charge is -2.20. The van der Waals surface area contributed by atoms with Crippen LogP contribution in [0.5, 0.6) is 0 Å². The summed E-state index contributed by atoms with van der Waals surface area (Å²) in [4.78, 5) is 0. The van der Waals surface area contributed by atoms with Crippen LogP contribution in [0.3, 0.4) is 0 Å². The van der Waals surface area contributed by atoms with Gasteiger partial charge in [0.05, 0.1) is 0 Å². The van der Waals surface area contributed by atoms with Crippen LogP contribution in [0, 0.1) is 33.2 Å². The van der Waals surface area contributed by atoms with Gasteiger partial charge in [-0.15, -0.1) is 33.8 Å². The molecular weight excluding hydrogens is 519 g/mol. The third-order valence-electron chi connectivity index (χ3n) is 7.40. The SMILES string of the molecule is CC[SiH2]C#Cc1c2cc3cc(F)sc3cc2c(C#C[Si](CC)(CC)CC)c2cc3cc(F)sc3cc12. The van der Waals surface area contributed by atoms with Gasteiger partial charge in [-0.25, -0.2) is 0 Å². The predicted octanol–water partition coefficient (Wildman–Crippen LogP) is 9.02. The molecular formula is C30H28F2S2Si2. The molecule has 36 heavy (non-hydrogen) atoms. The Morgan fingerprint density at radius 2 is 1.17 bits per heavy atom. The molecule has 2 aromatic heterocycles. The van der Waals surface area contributed by atoms with Gasteiger partial charge in [0.1, 0.15) is 17.6 Å². The van der Waals surface area contributed by atoms with Crippen LogP contribution in [0.15, 0.2) is 36.4 Å². The second kappa shape index (κ2) is 10.1. The van der Waals surface area contributed by atoms with Crippen molar-refractivity contribution in [2.75, 3.05) is 0 Å². The van der Waals surface area contributed by atoms with Crippen molar-refractivity contribution in [1.82, 2.24) is 0 Å². The fourth-order valence-electron chi connectivity index (χ4n) is 4.98. The van der Waals surface area contributed by atoms with E-state index in [0.717, 1.165) is 77.0 Å². The van der Waals surface area contributed by atoms with Crippen molar-refractivity contribution >= 4 is 82.0 Å². The van der Waals surface area contributed by atoms with Gasteiger partial charge in [-0.1, -0.05) is 45.6 Å². The van der Waals surface area contributed by atoms with E-state index in [9.17, 15) is 8.78 Å². The molecule has 0 saturated heterocycles. The molecule has 5 aromatic rings. The van der Waals surface area contributed by atoms with E-state index in [1.54, 1.807) is 12.1 Å². The molecule has 6 heteroatoms. The Hall–Kier alpha value is -2.49. The first-order chi connectivity index (χ1) is 17.4. The number of fused-ring (bicyclic) bond motifs is 4. The minimum atomic E-state index is -1.71. The highest BCUT2D eigenvalue weighted by Gasteiger charge is 2.25. The summed E-state index contributed by atoms with van der Waals surface area (Å²) in [5, 5.41) is 5.48. The number of halogens is 2. The average Bonchev–Trinajstić information content (AvgIpc) is 3.43. The molecule has 0 nitrogen and oxygen atoms in total. The highest BCUT2D eigenvalue weighted by Crippen LogP contribution is 2.40. The van der Waals surface area contributed by atoms with E-state index in [1.807, 2.05) is 0 Å². The summed E-state index contributed by atoms with van der Waals surface area (Å²) < 4.78 is 30.4.